The molecule has 1 saturated heterocycles. The second kappa shape index (κ2) is 6.22. The number of likely N-dealkylation sites (N-methyl/N-ethyl adjacent to an activating group) is 1. The van der Waals surface area contributed by atoms with Crippen molar-refractivity contribution >= 4 is 23.2 Å². The molecule has 2 amide bonds. The van der Waals surface area contributed by atoms with Gasteiger partial charge in [0.25, 0.3) is 5.91 Å². The smallest absolute Gasteiger partial charge is 0.264 e. The fourth-order valence-corrected chi connectivity index (χ4v) is 5.11. The lowest BCUT2D eigenvalue weighted by Gasteiger charge is -2.28. The molecule has 0 N–H and O–H groups in total. The van der Waals surface area contributed by atoms with Crippen molar-refractivity contribution in [1.29, 1.82) is 0 Å². The molecular weight excluding hydrogens is 384 g/mol. The van der Waals surface area contributed by atoms with E-state index in [9.17, 15) is 9.59 Å². The average molecular weight is 406 g/mol. The van der Waals surface area contributed by atoms with Gasteiger partial charge in [-0.25, -0.2) is 0 Å². The van der Waals surface area contributed by atoms with Gasteiger partial charge in [-0.15, -0.1) is 0 Å². The van der Waals surface area contributed by atoms with Gasteiger partial charge < -0.3 is 24.0 Å². The minimum atomic E-state index is -0.916. The van der Waals surface area contributed by atoms with Gasteiger partial charge in [-0.2, -0.15) is 0 Å². The number of amides is 2. The summed E-state index contributed by atoms with van der Waals surface area (Å²) >= 11 is 0. The van der Waals surface area contributed by atoms with Gasteiger partial charge >= 0.3 is 0 Å². The predicted molar refractivity (Wildman–Crippen MR) is 109 cm³/mol. The van der Waals surface area contributed by atoms with E-state index < -0.39 is 5.41 Å². The second-order valence-corrected chi connectivity index (χ2v) is 8.32. The lowest BCUT2D eigenvalue weighted by atomic mass is 9.77. The van der Waals surface area contributed by atoms with Gasteiger partial charge in [0, 0.05) is 31.0 Å². The quantitative estimate of drug-likeness (QED) is 0.765. The Bertz CT molecular complexity index is 1080. The second-order valence-electron chi connectivity index (χ2n) is 8.32. The minimum absolute atomic E-state index is 0.00334. The molecule has 2 aromatic rings. The number of hydrogen-bond acceptors (Lipinski definition) is 5. The van der Waals surface area contributed by atoms with Crippen LogP contribution < -0.4 is 19.3 Å². The van der Waals surface area contributed by atoms with Crippen molar-refractivity contribution in [2.24, 2.45) is 0 Å². The molecule has 4 aliphatic rings. The molecule has 7 nitrogen and oxygen atoms in total. The molecule has 0 bridgehead atoms. The summed E-state index contributed by atoms with van der Waals surface area (Å²) in [5.41, 5.74) is 2.39. The number of benzene rings is 2. The molecule has 30 heavy (non-hydrogen) atoms. The topological polar surface area (TPSA) is 68.3 Å². The molecule has 0 radical (unpaired) electrons. The van der Waals surface area contributed by atoms with Crippen molar-refractivity contribution in [3.8, 4) is 11.5 Å². The van der Waals surface area contributed by atoms with Crippen LogP contribution in [0.15, 0.2) is 36.4 Å². The number of ether oxygens (including phenoxy) is 3. The first kappa shape index (κ1) is 17.8. The molecule has 1 spiro atoms. The number of fused-ring (bicyclic) bond motifs is 5. The van der Waals surface area contributed by atoms with Crippen LogP contribution in [0, 0.1) is 0 Å². The number of rotatable bonds is 2. The normalized spacial score (nSPS) is 26.5. The van der Waals surface area contributed by atoms with Crippen LogP contribution >= 0.6 is 0 Å². The summed E-state index contributed by atoms with van der Waals surface area (Å²) in [6.07, 6.45) is 2.04. The molecule has 4 heterocycles. The fraction of sp³-hybridized carbons (Fsp3) is 0.391. The lowest BCUT2D eigenvalue weighted by molar-refractivity contribution is -0.122. The van der Waals surface area contributed by atoms with Crippen molar-refractivity contribution in [1.82, 2.24) is 0 Å². The molecular formula is C23H22N2O5. The number of carbonyl (C=O) groups excluding carboxylic acids is 2. The van der Waals surface area contributed by atoms with Crippen LogP contribution in [0.1, 0.15) is 24.0 Å². The molecule has 2 atom stereocenters. The summed E-state index contributed by atoms with van der Waals surface area (Å²) < 4.78 is 17.5. The van der Waals surface area contributed by atoms with Crippen molar-refractivity contribution < 1.29 is 23.8 Å². The Morgan fingerprint density at radius 2 is 1.93 bits per heavy atom. The Hall–Kier alpha value is -3.06. The predicted octanol–water partition coefficient (Wildman–Crippen LogP) is 2.25. The Balaban J connectivity index is 1.49. The van der Waals surface area contributed by atoms with E-state index in [-0.39, 0.29) is 31.1 Å². The third-order valence-corrected chi connectivity index (χ3v) is 6.73. The summed E-state index contributed by atoms with van der Waals surface area (Å²) in [5, 5.41) is 0. The molecule has 2 aromatic carbocycles. The van der Waals surface area contributed by atoms with Gasteiger partial charge in [-0.05, 0) is 30.5 Å². The Morgan fingerprint density at radius 3 is 2.77 bits per heavy atom. The molecule has 4 aliphatic heterocycles. The summed E-state index contributed by atoms with van der Waals surface area (Å²) in [6, 6.07) is 11.6. The monoisotopic (exact) mass is 406 g/mol. The van der Waals surface area contributed by atoms with Crippen molar-refractivity contribution in [2.45, 2.75) is 24.4 Å². The van der Waals surface area contributed by atoms with Gasteiger partial charge in [-0.1, -0.05) is 18.2 Å². The van der Waals surface area contributed by atoms with Crippen LogP contribution in [0.3, 0.4) is 0 Å². The third-order valence-electron chi connectivity index (χ3n) is 6.73. The maximum Gasteiger partial charge on any atom is 0.264 e. The van der Waals surface area contributed by atoms with Gasteiger partial charge in [-0.3, -0.25) is 9.59 Å². The van der Waals surface area contributed by atoms with Crippen LogP contribution in [-0.4, -0.2) is 51.3 Å². The van der Waals surface area contributed by atoms with Crippen molar-refractivity contribution in [3.63, 3.8) is 0 Å². The van der Waals surface area contributed by atoms with Gasteiger partial charge in [0.05, 0.1) is 18.3 Å². The first-order chi connectivity index (χ1) is 14.6. The Morgan fingerprint density at radius 1 is 1.07 bits per heavy atom. The van der Waals surface area contributed by atoms with Crippen molar-refractivity contribution in [2.75, 3.05) is 43.2 Å². The van der Waals surface area contributed by atoms with Crippen LogP contribution in [0.25, 0.3) is 0 Å². The summed E-state index contributed by atoms with van der Waals surface area (Å²) in [6.45, 7) is 1.53. The molecule has 154 valence electrons. The van der Waals surface area contributed by atoms with E-state index >= 15 is 0 Å². The van der Waals surface area contributed by atoms with Crippen LogP contribution in [0.2, 0.25) is 0 Å². The van der Waals surface area contributed by atoms with E-state index in [1.54, 1.807) is 18.0 Å². The van der Waals surface area contributed by atoms with E-state index in [0.29, 0.717) is 23.7 Å². The number of para-hydroxylation sites is 1. The summed E-state index contributed by atoms with van der Waals surface area (Å²) in [7, 11) is 1.73. The summed E-state index contributed by atoms with van der Waals surface area (Å²) in [5.74, 6) is 1.12. The summed E-state index contributed by atoms with van der Waals surface area (Å²) in [4.78, 5) is 29.5. The number of carbonyl (C=O) groups is 2. The molecule has 0 aliphatic carbocycles. The maximum absolute atomic E-state index is 13.9. The molecule has 1 unspecified atom stereocenters. The van der Waals surface area contributed by atoms with E-state index in [2.05, 4.69) is 0 Å². The molecule has 0 saturated carbocycles. The average Bonchev–Trinajstić information content (AvgIpc) is 3.46. The fourth-order valence-electron chi connectivity index (χ4n) is 5.11. The molecule has 1 fully saturated rings. The zero-order valence-electron chi connectivity index (χ0n) is 16.7. The lowest BCUT2D eigenvalue weighted by Crippen LogP contribution is -2.45. The molecule has 0 aromatic heterocycles. The highest BCUT2D eigenvalue weighted by Crippen LogP contribution is 2.54. The van der Waals surface area contributed by atoms with E-state index in [0.717, 1.165) is 36.3 Å². The standard InChI is InChI=1S/C23H22N2O5/c1-24-18-9-16-19(10-20(18)29-12-21(24)26)30-13-23(16)15-6-2-3-7-17(15)25(22(23)27)11-14-5-4-8-28-14/h2-3,6-7,9-10,14H,4-5,8,11-13H2,1H3/t14-,23?/m1/s1. The van der Waals surface area contributed by atoms with Crippen LogP contribution in [0.5, 0.6) is 11.5 Å². The highest BCUT2D eigenvalue weighted by atomic mass is 16.5. The van der Waals surface area contributed by atoms with E-state index in [4.69, 9.17) is 14.2 Å². The number of hydrogen-bond donors (Lipinski definition) is 0. The molecule has 7 heteroatoms. The number of anilines is 2. The zero-order chi connectivity index (χ0) is 20.5. The third kappa shape index (κ3) is 2.24. The highest BCUT2D eigenvalue weighted by Gasteiger charge is 2.57. The largest absolute Gasteiger partial charge is 0.491 e. The van der Waals surface area contributed by atoms with Gasteiger partial charge in [0.2, 0.25) is 5.91 Å². The first-order valence-corrected chi connectivity index (χ1v) is 10.3. The van der Waals surface area contributed by atoms with E-state index in [1.165, 1.54) is 0 Å². The SMILES string of the molecule is CN1C(=O)COc2cc3c(cc21)C1(CO3)C(=O)N(C[C@H]2CCCO2)c2ccccc21. The van der Waals surface area contributed by atoms with Crippen LogP contribution in [-0.2, 0) is 19.7 Å². The van der Waals surface area contributed by atoms with Crippen molar-refractivity contribution in [3.05, 3.63) is 47.5 Å². The Labute approximate surface area is 174 Å². The zero-order valence-corrected chi connectivity index (χ0v) is 16.7. The Kier molecular flexibility index (Phi) is 3.68. The number of nitrogens with zero attached hydrogens (tertiary/aromatic N) is 2. The van der Waals surface area contributed by atoms with E-state index in [1.807, 2.05) is 35.2 Å². The van der Waals surface area contributed by atoms with Gasteiger partial charge in [0.15, 0.2) is 6.61 Å². The molecule has 6 rings (SSSR count). The highest BCUT2D eigenvalue weighted by molar-refractivity contribution is 6.12. The van der Waals surface area contributed by atoms with Crippen LogP contribution in [0.4, 0.5) is 11.4 Å². The first-order valence-electron chi connectivity index (χ1n) is 10.3. The maximum atomic E-state index is 13.9. The minimum Gasteiger partial charge on any atom is -0.491 e. The van der Waals surface area contributed by atoms with Gasteiger partial charge in [0.1, 0.15) is 23.5 Å².